The number of hydrogen-bond acceptors (Lipinski definition) is 4. The summed E-state index contributed by atoms with van der Waals surface area (Å²) in [5.74, 6) is 0.352. The van der Waals surface area contributed by atoms with Crippen LogP contribution in [0.25, 0.3) is 16.5 Å². The molecule has 7 heteroatoms. The monoisotopic (exact) mass is 538 g/mol. The first-order valence-electron chi connectivity index (χ1n) is 14.1. The Morgan fingerprint density at radius 2 is 1.82 bits per heavy atom. The van der Waals surface area contributed by atoms with Crippen LogP contribution >= 0.6 is 11.6 Å². The number of H-pyrrole nitrogens is 1. The lowest BCUT2D eigenvalue weighted by molar-refractivity contribution is -0.104. The quantitative estimate of drug-likeness (QED) is 0.216. The number of allylic oxidation sites excluding steroid dienone is 3. The molecule has 2 heterocycles. The number of carbonyl (C=O) groups excluding carboxylic acids is 2. The summed E-state index contributed by atoms with van der Waals surface area (Å²) in [5.41, 5.74) is 5.39. The van der Waals surface area contributed by atoms with Gasteiger partial charge in [0.2, 0.25) is 0 Å². The fourth-order valence-corrected chi connectivity index (χ4v) is 5.95. The van der Waals surface area contributed by atoms with Gasteiger partial charge in [0.05, 0.1) is 10.7 Å². The predicted octanol–water partition coefficient (Wildman–Crippen LogP) is 6.38. The van der Waals surface area contributed by atoms with Crippen LogP contribution in [0.2, 0.25) is 0 Å². The van der Waals surface area contributed by atoms with Gasteiger partial charge >= 0.3 is 0 Å². The van der Waals surface area contributed by atoms with Crippen LogP contribution in [0.3, 0.4) is 0 Å². The summed E-state index contributed by atoms with van der Waals surface area (Å²) in [6.07, 6.45) is 8.18. The second-order valence-electron chi connectivity index (χ2n) is 11.4. The Hall–Kier alpha value is -2.57. The van der Waals surface area contributed by atoms with Crippen LogP contribution < -0.4 is 0 Å². The van der Waals surface area contributed by atoms with E-state index < -0.39 is 0 Å². The van der Waals surface area contributed by atoms with Crippen LogP contribution in [0, 0.1) is 0 Å². The topological polar surface area (TPSA) is 59.7 Å². The Morgan fingerprint density at radius 1 is 1.16 bits per heavy atom. The number of carbonyl (C=O) groups is 2. The van der Waals surface area contributed by atoms with Crippen molar-refractivity contribution in [1.82, 2.24) is 19.7 Å². The third-order valence-electron chi connectivity index (χ3n) is 7.85. The van der Waals surface area contributed by atoms with Gasteiger partial charge in [0, 0.05) is 67.5 Å². The molecule has 0 atom stereocenters. The van der Waals surface area contributed by atoms with Crippen molar-refractivity contribution in [1.29, 1.82) is 0 Å². The molecule has 1 aliphatic heterocycles. The normalized spacial score (nSPS) is 18.2. The van der Waals surface area contributed by atoms with Gasteiger partial charge in [-0.15, -0.1) is 0 Å². The average molecular weight is 539 g/mol. The lowest BCUT2D eigenvalue weighted by Gasteiger charge is -2.39. The van der Waals surface area contributed by atoms with E-state index in [0.29, 0.717) is 18.4 Å². The van der Waals surface area contributed by atoms with Gasteiger partial charge in [-0.2, -0.15) is 0 Å². The number of fused-ring (bicyclic) bond motifs is 1. The molecule has 1 amide bonds. The first kappa shape index (κ1) is 28.4. The molecule has 1 aromatic heterocycles. The van der Waals surface area contributed by atoms with Crippen molar-refractivity contribution in [2.75, 3.05) is 33.7 Å². The largest absolute Gasteiger partial charge is 0.383 e. The summed E-state index contributed by atoms with van der Waals surface area (Å²) in [6.45, 7) is 11.7. The second-order valence-corrected chi connectivity index (χ2v) is 11.8. The molecule has 1 N–H and O–H groups in total. The first-order valence-corrected chi connectivity index (χ1v) is 14.4. The standard InChI is InChI=1S/C31H43ClN4O2/c1-7-14-35-15-12-24(13-16-35)36(23-9-10-23)31(38)22-8-11-28-25(17-22)29(20(2)3)30(33-28)26(18-34(5)6)21(4)27(32)19-37/h8,11,17-20,23-24,33H,7,9-10,12-16H2,1-6H3/b26-18+,27-21+. The van der Waals surface area contributed by atoms with Crippen molar-refractivity contribution in [2.45, 2.75) is 77.8 Å². The zero-order valence-electron chi connectivity index (χ0n) is 23.8. The summed E-state index contributed by atoms with van der Waals surface area (Å²) < 4.78 is 0. The van der Waals surface area contributed by atoms with Gasteiger partial charge in [0.15, 0.2) is 6.29 Å². The predicted molar refractivity (Wildman–Crippen MR) is 158 cm³/mol. The third kappa shape index (κ3) is 6.02. The Bertz CT molecular complexity index is 1230. The molecule has 2 aliphatic rings. The number of aldehydes is 1. The molecule has 0 spiro atoms. The zero-order chi connectivity index (χ0) is 27.6. The van der Waals surface area contributed by atoms with E-state index in [1.165, 1.54) is 6.42 Å². The fraction of sp³-hybridized carbons (Fsp3) is 0.548. The highest BCUT2D eigenvalue weighted by molar-refractivity contribution is 6.39. The molecule has 1 saturated carbocycles. The van der Waals surface area contributed by atoms with Gasteiger partial charge in [0.1, 0.15) is 0 Å². The SMILES string of the molecule is CCCN1CCC(N(C(=O)c2ccc3[nH]c(C(=C/N(C)C)/C(C)=C(/Cl)C=O)c(C(C)C)c3c2)C2CC2)CC1. The highest BCUT2D eigenvalue weighted by Crippen LogP contribution is 2.38. The van der Waals surface area contributed by atoms with E-state index in [0.717, 1.165) is 84.2 Å². The van der Waals surface area contributed by atoms with E-state index in [9.17, 15) is 9.59 Å². The summed E-state index contributed by atoms with van der Waals surface area (Å²) >= 11 is 6.30. The lowest BCUT2D eigenvalue weighted by atomic mass is 9.92. The Morgan fingerprint density at radius 3 is 2.37 bits per heavy atom. The second kappa shape index (κ2) is 12.1. The van der Waals surface area contributed by atoms with Gasteiger partial charge < -0.3 is 19.7 Å². The maximum atomic E-state index is 14.0. The van der Waals surface area contributed by atoms with E-state index in [2.05, 4.69) is 41.6 Å². The van der Waals surface area contributed by atoms with Crippen LogP contribution in [0.1, 0.15) is 87.3 Å². The number of rotatable bonds is 10. The van der Waals surface area contributed by atoms with Crippen molar-refractivity contribution < 1.29 is 9.59 Å². The van der Waals surface area contributed by atoms with Crippen LogP contribution in [0.4, 0.5) is 0 Å². The summed E-state index contributed by atoms with van der Waals surface area (Å²) in [4.78, 5) is 35.8. The summed E-state index contributed by atoms with van der Waals surface area (Å²) in [5, 5.41) is 1.24. The Balaban J connectivity index is 1.73. The molecule has 0 bridgehead atoms. The molecule has 2 fully saturated rings. The molecular formula is C31H43ClN4O2. The molecule has 1 saturated heterocycles. The van der Waals surface area contributed by atoms with E-state index >= 15 is 0 Å². The maximum absolute atomic E-state index is 14.0. The molecular weight excluding hydrogens is 496 g/mol. The van der Waals surface area contributed by atoms with Gasteiger partial charge in [-0.25, -0.2) is 0 Å². The molecule has 206 valence electrons. The van der Waals surface area contributed by atoms with Gasteiger partial charge in [-0.05, 0) is 80.8 Å². The van der Waals surface area contributed by atoms with Crippen molar-refractivity contribution >= 4 is 40.3 Å². The number of aromatic nitrogens is 1. The minimum Gasteiger partial charge on any atom is -0.383 e. The number of aromatic amines is 1. The van der Waals surface area contributed by atoms with Crippen molar-refractivity contribution in [3.63, 3.8) is 0 Å². The number of nitrogens with zero attached hydrogens (tertiary/aromatic N) is 3. The van der Waals surface area contributed by atoms with Crippen LogP contribution in [0.5, 0.6) is 0 Å². The van der Waals surface area contributed by atoms with Crippen LogP contribution in [-0.2, 0) is 4.79 Å². The minimum atomic E-state index is 0.157. The molecule has 38 heavy (non-hydrogen) atoms. The molecule has 0 radical (unpaired) electrons. The smallest absolute Gasteiger partial charge is 0.254 e. The number of hydrogen-bond donors (Lipinski definition) is 1. The van der Waals surface area contributed by atoms with Crippen LogP contribution in [-0.4, -0.2) is 77.7 Å². The number of amides is 1. The van der Waals surface area contributed by atoms with Gasteiger partial charge in [-0.3, -0.25) is 9.59 Å². The number of likely N-dealkylation sites (tertiary alicyclic amines) is 1. The van der Waals surface area contributed by atoms with Gasteiger partial charge in [0.25, 0.3) is 5.91 Å². The van der Waals surface area contributed by atoms with E-state index in [1.807, 2.05) is 44.3 Å². The van der Waals surface area contributed by atoms with Crippen molar-refractivity contribution in [3.05, 3.63) is 51.8 Å². The lowest BCUT2D eigenvalue weighted by Crippen LogP contribution is -2.48. The number of halogens is 1. The van der Waals surface area contributed by atoms with Crippen molar-refractivity contribution in [3.8, 4) is 0 Å². The zero-order valence-corrected chi connectivity index (χ0v) is 24.6. The molecule has 1 aliphatic carbocycles. The summed E-state index contributed by atoms with van der Waals surface area (Å²) in [6, 6.07) is 6.76. The van der Waals surface area contributed by atoms with Crippen molar-refractivity contribution in [2.24, 2.45) is 0 Å². The fourth-order valence-electron chi connectivity index (χ4n) is 5.85. The number of nitrogens with one attached hydrogen (secondary N) is 1. The highest BCUT2D eigenvalue weighted by atomic mass is 35.5. The minimum absolute atomic E-state index is 0.157. The molecule has 2 aromatic rings. The summed E-state index contributed by atoms with van der Waals surface area (Å²) in [7, 11) is 3.91. The highest BCUT2D eigenvalue weighted by Gasteiger charge is 2.39. The maximum Gasteiger partial charge on any atom is 0.254 e. The third-order valence-corrected chi connectivity index (χ3v) is 8.22. The van der Waals surface area contributed by atoms with Crippen LogP contribution in [0.15, 0.2) is 35.0 Å². The van der Waals surface area contributed by atoms with E-state index in [-0.39, 0.29) is 16.9 Å². The Kier molecular flexibility index (Phi) is 9.04. The number of piperidine rings is 1. The van der Waals surface area contributed by atoms with E-state index in [1.54, 1.807) is 0 Å². The average Bonchev–Trinajstić information content (AvgIpc) is 3.65. The molecule has 1 aromatic carbocycles. The van der Waals surface area contributed by atoms with E-state index in [4.69, 9.17) is 11.6 Å². The number of benzene rings is 1. The van der Waals surface area contributed by atoms with Gasteiger partial charge in [-0.1, -0.05) is 32.4 Å². The first-order chi connectivity index (χ1) is 18.2. The molecule has 6 nitrogen and oxygen atoms in total. The molecule has 0 unspecified atom stereocenters. The molecule has 4 rings (SSSR count). The Labute approximate surface area is 232 Å².